The fourth-order valence-electron chi connectivity index (χ4n) is 1.23. The molecule has 0 spiro atoms. The van der Waals surface area contributed by atoms with Crippen LogP contribution >= 0.6 is 23.5 Å². The van der Waals surface area contributed by atoms with Gasteiger partial charge in [-0.15, -0.1) is 23.5 Å². The summed E-state index contributed by atoms with van der Waals surface area (Å²) < 4.78 is 1.47. The summed E-state index contributed by atoms with van der Waals surface area (Å²) in [5.41, 5.74) is 1.45. The molecule has 0 N–H and O–H groups in total. The van der Waals surface area contributed by atoms with E-state index >= 15 is 0 Å². The molecule has 0 aromatic heterocycles. The summed E-state index contributed by atoms with van der Waals surface area (Å²) in [6, 6.07) is 0. The van der Waals surface area contributed by atoms with Crippen molar-refractivity contribution >= 4 is 23.5 Å². The van der Waals surface area contributed by atoms with E-state index in [2.05, 4.69) is 19.8 Å². The van der Waals surface area contributed by atoms with Gasteiger partial charge in [0.05, 0.1) is 0 Å². The summed E-state index contributed by atoms with van der Waals surface area (Å²) in [6.07, 6.45) is 5.46. The molecule has 0 saturated carbocycles. The topological polar surface area (TPSA) is 0 Å². The van der Waals surface area contributed by atoms with Crippen molar-refractivity contribution in [3.63, 3.8) is 0 Å². The van der Waals surface area contributed by atoms with Gasteiger partial charge in [-0.1, -0.05) is 19.6 Å². The van der Waals surface area contributed by atoms with E-state index in [1.165, 1.54) is 22.0 Å². The highest BCUT2D eigenvalue weighted by molar-refractivity contribution is 8.22. The molecule has 62 valence electrons. The number of hydrogen-bond acceptors (Lipinski definition) is 2. The summed E-state index contributed by atoms with van der Waals surface area (Å²) in [6.45, 7) is 6.13. The molecule has 1 aliphatic heterocycles. The van der Waals surface area contributed by atoms with E-state index in [0.29, 0.717) is 0 Å². The Balaban J connectivity index is 2.85. The van der Waals surface area contributed by atoms with E-state index in [1.54, 1.807) is 0 Å². The lowest BCUT2D eigenvalue weighted by Gasteiger charge is -2.21. The van der Waals surface area contributed by atoms with Gasteiger partial charge in [-0.3, -0.25) is 0 Å². The van der Waals surface area contributed by atoms with Crippen molar-refractivity contribution in [1.82, 2.24) is 0 Å². The summed E-state index contributed by atoms with van der Waals surface area (Å²) in [7, 11) is 0. The SMILES string of the molecule is C=CC1=C(SC)SCCC1C. The van der Waals surface area contributed by atoms with Crippen LogP contribution in [0.25, 0.3) is 0 Å². The zero-order chi connectivity index (χ0) is 8.27. The molecule has 0 aliphatic carbocycles. The highest BCUT2D eigenvalue weighted by Crippen LogP contribution is 2.39. The van der Waals surface area contributed by atoms with E-state index in [1.807, 2.05) is 29.6 Å². The molecule has 11 heavy (non-hydrogen) atoms. The van der Waals surface area contributed by atoms with Gasteiger partial charge in [0.2, 0.25) is 0 Å². The van der Waals surface area contributed by atoms with Gasteiger partial charge < -0.3 is 0 Å². The zero-order valence-electron chi connectivity index (χ0n) is 7.09. The fraction of sp³-hybridized carbons (Fsp3) is 0.556. The van der Waals surface area contributed by atoms with E-state index in [4.69, 9.17) is 0 Å². The predicted octanol–water partition coefficient (Wildman–Crippen LogP) is 3.52. The first kappa shape index (κ1) is 9.27. The first-order valence-corrected chi connectivity index (χ1v) is 6.04. The normalized spacial score (nSPS) is 25.5. The van der Waals surface area contributed by atoms with Crippen LogP contribution in [0.3, 0.4) is 0 Å². The monoisotopic (exact) mass is 186 g/mol. The Morgan fingerprint density at radius 2 is 2.45 bits per heavy atom. The maximum Gasteiger partial charge on any atom is 0.0433 e. The number of thioether (sulfide) groups is 2. The molecule has 1 atom stereocenters. The lowest BCUT2D eigenvalue weighted by Crippen LogP contribution is -2.05. The van der Waals surface area contributed by atoms with Gasteiger partial charge >= 0.3 is 0 Å². The van der Waals surface area contributed by atoms with Crippen molar-refractivity contribution < 1.29 is 0 Å². The maximum absolute atomic E-state index is 3.85. The molecule has 1 aliphatic rings. The minimum atomic E-state index is 0.719. The third-order valence-electron chi connectivity index (χ3n) is 1.96. The van der Waals surface area contributed by atoms with Crippen LogP contribution in [0.1, 0.15) is 13.3 Å². The van der Waals surface area contributed by atoms with Gasteiger partial charge in [0.25, 0.3) is 0 Å². The standard InChI is InChI=1S/C9H14S2/c1-4-8-7(2)5-6-11-9(8)10-3/h4,7H,1,5-6H2,2-3H3. The van der Waals surface area contributed by atoms with Gasteiger partial charge in [0.1, 0.15) is 0 Å². The van der Waals surface area contributed by atoms with Crippen molar-refractivity contribution in [2.45, 2.75) is 13.3 Å². The molecule has 0 nitrogen and oxygen atoms in total. The highest BCUT2D eigenvalue weighted by Gasteiger charge is 2.16. The lowest BCUT2D eigenvalue weighted by molar-refractivity contribution is 0.672. The quantitative estimate of drug-likeness (QED) is 0.647. The minimum Gasteiger partial charge on any atom is -0.122 e. The van der Waals surface area contributed by atoms with E-state index in [-0.39, 0.29) is 0 Å². The zero-order valence-corrected chi connectivity index (χ0v) is 8.73. The van der Waals surface area contributed by atoms with Gasteiger partial charge in [0, 0.05) is 4.24 Å². The summed E-state index contributed by atoms with van der Waals surface area (Å²) >= 11 is 3.82. The van der Waals surface area contributed by atoms with Crippen LogP contribution in [0.15, 0.2) is 22.5 Å². The van der Waals surface area contributed by atoms with Crippen LogP contribution in [0.4, 0.5) is 0 Å². The summed E-state index contributed by atoms with van der Waals surface area (Å²) in [4.78, 5) is 0. The summed E-state index contributed by atoms with van der Waals surface area (Å²) in [5.74, 6) is 1.99. The van der Waals surface area contributed by atoms with Crippen molar-refractivity contribution in [1.29, 1.82) is 0 Å². The van der Waals surface area contributed by atoms with Crippen LogP contribution in [-0.2, 0) is 0 Å². The average molecular weight is 186 g/mol. The van der Waals surface area contributed by atoms with Crippen LogP contribution in [0, 0.1) is 5.92 Å². The molecule has 1 unspecified atom stereocenters. The maximum atomic E-state index is 3.85. The third-order valence-corrected chi connectivity index (χ3v) is 4.35. The molecule has 1 heterocycles. The second-order valence-corrected chi connectivity index (χ2v) is 4.87. The Bertz CT molecular complexity index is 182. The number of hydrogen-bond donors (Lipinski definition) is 0. The predicted molar refractivity (Wildman–Crippen MR) is 57.0 cm³/mol. The molecule has 0 fully saturated rings. The second-order valence-electron chi connectivity index (χ2n) is 2.69. The van der Waals surface area contributed by atoms with Gasteiger partial charge in [-0.2, -0.15) is 0 Å². The molecule has 0 aromatic carbocycles. The Morgan fingerprint density at radius 3 is 2.91 bits per heavy atom. The minimum absolute atomic E-state index is 0.719. The smallest absolute Gasteiger partial charge is 0.0433 e. The molecule has 0 bridgehead atoms. The van der Waals surface area contributed by atoms with Gasteiger partial charge in [-0.25, -0.2) is 0 Å². The Morgan fingerprint density at radius 1 is 1.73 bits per heavy atom. The third kappa shape index (κ3) is 2.06. The van der Waals surface area contributed by atoms with Gasteiger partial charge in [0.15, 0.2) is 0 Å². The number of rotatable bonds is 2. The Labute approximate surface area is 77.5 Å². The number of allylic oxidation sites excluding steroid dienone is 2. The Hall–Kier alpha value is 0.180. The van der Waals surface area contributed by atoms with Crippen LogP contribution in [0.2, 0.25) is 0 Å². The van der Waals surface area contributed by atoms with E-state index in [0.717, 1.165) is 5.92 Å². The fourth-order valence-corrected chi connectivity index (χ4v) is 3.58. The molecule has 2 heteroatoms. The van der Waals surface area contributed by atoms with Crippen molar-refractivity contribution in [3.05, 3.63) is 22.5 Å². The van der Waals surface area contributed by atoms with Crippen LogP contribution in [-0.4, -0.2) is 12.0 Å². The molecular weight excluding hydrogens is 172 g/mol. The summed E-state index contributed by atoms with van der Waals surface area (Å²) in [5, 5.41) is 0. The van der Waals surface area contributed by atoms with Crippen molar-refractivity contribution in [2.75, 3.05) is 12.0 Å². The highest BCUT2D eigenvalue weighted by atomic mass is 32.2. The average Bonchev–Trinajstić information content (AvgIpc) is 2.04. The molecule has 0 aromatic rings. The first-order valence-electron chi connectivity index (χ1n) is 3.83. The molecular formula is C9H14S2. The van der Waals surface area contributed by atoms with E-state index in [9.17, 15) is 0 Å². The van der Waals surface area contributed by atoms with Crippen LogP contribution < -0.4 is 0 Å². The second kappa shape index (κ2) is 4.27. The van der Waals surface area contributed by atoms with Gasteiger partial charge in [-0.05, 0) is 29.9 Å². The molecule has 0 radical (unpaired) electrons. The van der Waals surface area contributed by atoms with Crippen molar-refractivity contribution in [2.24, 2.45) is 5.92 Å². The first-order chi connectivity index (χ1) is 5.29. The van der Waals surface area contributed by atoms with E-state index < -0.39 is 0 Å². The Kier molecular flexibility index (Phi) is 3.60. The van der Waals surface area contributed by atoms with Crippen LogP contribution in [0.5, 0.6) is 0 Å². The van der Waals surface area contributed by atoms with Crippen molar-refractivity contribution in [3.8, 4) is 0 Å². The molecule has 0 amide bonds. The largest absolute Gasteiger partial charge is 0.122 e. The lowest BCUT2D eigenvalue weighted by atomic mass is 10.00. The molecule has 1 rings (SSSR count). The molecule has 0 saturated heterocycles.